The van der Waals surface area contributed by atoms with Crippen LogP contribution in [-0.4, -0.2) is 50.7 Å². The summed E-state index contributed by atoms with van der Waals surface area (Å²) >= 11 is 0. The molecule has 0 aliphatic carbocycles. The molecule has 3 aromatic rings. The second-order valence-corrected chi connectivity index (χ2v) is 7.00. The lowest BCUT2D eigenvalue weighted by molar-refractivity contribution is 0.471. The van der Waals surface area contributed by atoms with Gasteiger partial charge in [-0.25, -0.2) is 15.0 Å². The van der Waals surface area contributed by atoms with Gasteiger partial charge in [0, 0.05) is 51.2 Å². The van der Waals surface area contributed by atoms with Crippen molar-refractivity contribution in [3.8, 4) is 0 Å². The van der Waals surface area contributed by atoms with E-state index in [4.69, 9.17) is 0 Å². The first-order chi connectivity index (χ1) is 13.0. The Kier molecular flexibility index (Phi) is 4.47. The zero-order valence-corrected chi connectivity index (χ0v) is 15.8. The quantitative estimate of drug-likeness (QED) is 0.696. The van der Waals surface area contributed by atoms with Crippen LogP contribution in [0.4, 0.5) is 11.8 Å². The Labute approximate surface area is 157 Å². The molecule has 0 saturated carbocycles. The first-order valence-electron chi connectivity index (χ1n) is 9.13. The van der Waals surface area contributed by atoms with Crippen molar-refractivity contribution in [2.45, 2.75) is 25.8 Å². The number of piperidine rings is 1. The molecule has 0 aromatic carbocycles. The first-order valence-corrected chi connectivity index (χ1v) is 9.13. The molecule has 0 bridgehead atoms. The lowest BCUT2D eigenvalue weighted by Crippen LogP contribution is -2.45. The Hall–Kier alpha value is -3.03. The van der Waals surface area contributed by atoms with Gasteiger partial charge in [0.1, 0.15) is 12.1 Å². The van der Waals surface area contributed by atoms with Crippen LogP contribution in [0.1, 0.15) is 18.5 Å². The molecule has 140 valence electrons. The number of pyridine rings is 1. The molecule has 0 unspecified atom stereocenters. The average Bonchev–Trinajstić information content (AvgIpc) is 2.70. The highest BCUT2D eigenvalue weighted by atomic mass is 16.1. The molecule has 8 nitrogen and oxygen atoms in total. The van der Waals surface area contributed by atoms with Gasteiger partial charge < -0.3 is 9.80 Å². The molecule has 4 rings (SSSR count). The summed E-state index contributed by atoms with van der Waals surface area (Å²) in [5, 5.41) is 0.553. The smallest absolute Gasteiger partial charge is 0.264 e. The van der Waals surface area contributed by atoms with Crippen molar-refractivity contribution < 1.29 is 0 Å². The zero-order chi connectivity index (χ0) is 19.0. The van der Waals surface area contributed by atoms with Crippen LogP contribution >= 0.6 is 0 Å². The average molecular weight is 365 g/mol. The summed E-state index contributed by atoms with van der Waals surface area (Å²) < 4.78 is 1.63. The van der Waals surface area contributed by atoms with Crippen molar-refractivity contribution in [2.24, 2.45) is 7.05 Å². The van der Waals surface area contributed by atoms with Gasteiger partial charge in [-0.3, -0.25) is 9.36 Å². The minimum absolute atomic E-state index is 0.0567. The maximum Gasteiger partial charge on any atom is 0.264 e. The molecular formula is C19H23N7O. The minimum atomic E-state index is -0.0567. The van der Waals surface area contributed by atoms with Crippen LogP contribution < -0.4 is 15.4 Å². The van der Waals surface area contributed by atoms with Crippen molar-refractivity contribution in [1.82, 2.24) is 24.5 Å². The summed E-state index contributed by atoms with van der Waals surface area (Å²) in [6.45, 7) is 3.64. The van der Waals surface area contributed by atoms with Crippen LogP contribution in [0.25, 0.3) is 11.0 Å². The number of hydrogen-bond donors (Lipinski definition) is 0. The van der Waals surface area contributed by atoms with E-state index in [1.165, 1.54) is 0 Å². The van der Waals surface area contributed by atoms with E-state index in [1.807, 2.05) is 13.0 Å². The molecule has 0 radical (unpaired) electrons. The SMILES string of the molecule is Cc1cc(N(C)C2CCN(c3nc4ncccc4c(=O)n3C)CC2)ncn1. The molecule has 0 amide bonds. The second kappa shape index (κ2) is 6.94. The van der Waals surface area contributed by atoms with Crippen molar-refractivity contribution in [1.29, 1.82) is 0 Å². The van der Waals surface area contributed by atoms with E-state index in [0.29, 0.717) is 23.0 Å². The van der Waals surface area contributed by atoms with Crippen LogP contribution in [0.2, 0.25) is 0 Å². The van der Waals surface area contributed by atoms with Crippen molar-refractivity contribution in [3.63, 3.8) is 0 Å². The van der Waals surface area contributed by atoms with Gasteiger partial charge in [-0.1, -0.05) is 0 Å². The van der Waals surface area contributed by atoms with Gasteiger partial charge >= 0.3 is 0 Å². The van der Waals surface area contributed by atoms with Gasteiger partial charge in [0.25, 0.3) is 5.56 Å². The van der Waals surface area contributed by atoms with Crippen molar-refractivity contribution >= 4 is 22.8 Å². The van der Waals surface area contributed by atoms with Gasteiger partial charge in [-0.05, 0) is 31.9 Å². The van der Waals surface area contributed by atoms with E-state index in [9.17, 15) is 4.79 Å². The highest BCUT2D eigenvalue weighted by molar-refractivity contribution is 5.74. The molecule has 1 fully saturated rings. The second-order valence-electron chi connectivity index (χ2n) is 7.00. The molecule has 27 heavy (non-hydrogen) atoms. The molecule has 0 atom stereocenters. The fraction of sp³-hybridized carbons (Fsp3) is 0.421. The Morgan fingerprint density at radius 3 is 2.70 bits per heavy atom. The molecule has 4 heterocycles. The highest BCUT2D eigenvalue weighted by Crippen LogP contribution is 2.23. The van der Waals surface area contributed by atoms with Crippen LogP contribution in [0.5, 0.6) is 0 Å². The van der Waals surface area contributed by atoms with Crippen LogP contribution in [-0.2, 0) is 7.05 Å². The van der Waals surface area contributed by atoms with Crippen LogP contribution in [0, 0.1) is 6.92 Å². The van der Waals surface area contributed by atoms with E-state index in [0.717, 1.165) is 37.4 Å². The topological polar surface area (TPSA) is 80.0 Å². The Morgan fingerprint density at radius 1 is 1.19 bits per heavy atom. The van der Waals surface area contributed by atoms with Crippen molar-refractivity contribution in [3.05, 3.63) is 46.8 Å². The van der Waals surface area contributed by atoms with E-state index < -0.39 is 0 Å². The van der Waals surface area contributed by atoms with E-state index >= 15 is 0 Å². The predicted octanol–water partition coefficient (Wildman–Crippen LogP) is 1.53. The standard InChI is InChI=1S/C19H23N7O/c1-13-11-16(22-12-21-13)24(2)14-6-9-26(10-7-14)19-23-17-15(5-4-8-20-17)18(27)25(19)3/h4-5,8,11-12,14H,6-7,9-10H2,1-3H3. The third-order valence-corrected chi connectivity index (χ3v) is 5.27. The summed E-state index contributed by atoms with van der Waals surface area (Å²) in [5.41, 5.74) is 1.41. The summed E-state index contributed by atoms with van der Waals surface area (Å²) in [6.07, 6.45) is 5.22. The fourth-order valence-corrected chi connectivity index (χ4v) is 3.65. The monoisotopic (exact) mass is 365 g/mol. The predicted molar refractivity (Wildman–Crippen MR) is 105 cm³/mol. The van der Waals surface area contributed by atoms with Crippen molar-refractivity contribution in [2.75, 3.05) is 29.9 Å². The highest BCUT2D eigenvalue weighted by Gasteiger charge is 2.26. The van der Waals surface area contributed by atoms with Gasteiger partial charge in [-0.15, -0.1) is 0 Å². The number of anilines is 2. The van der Waals surface area contributed by atoms with Crippen LogP contribution in [0.15, 0.2) is 35.5 Å². The zero-order valence-electron chi connectivity index (χ0n) is 15.8. The lowest BCUT2D eigenvalue weighted by Gasteiger charge is -2.38. The van der Waals surface area contributed by atoms with Crippen LogP contribution in [0.3, 0.4) is 0 Å². The molecule has 1 saturated heterocycles. The van der Waals surface area contributed by atoms with Gasteiger partial charge in [0.2, 0.25) is 5.95 Å². The molecule has 0 spiro atoms. The molecule has 1 aliphatic rings. The molecule has 3 aromatic heterocycles. The van der Waals surface area contributed by atoms with E-state index in [1.54, 1.807) is 36.3 Å². The van der Waals surface area contributed by atoms with Gasteiger partial charge in [0.05, 0.1) is 5.39 Å². The summed E-state index contributed by atoms with van der Waals surface area (Å²) in [4.78, 5) is 34.5. The van der Waals surface area contributed by atoms with Gasteiger partial charge in [-0.2, -0.15) is 4.98 Å². The first kappa shape index (κ1) is 17.4. The molecule has 1 aliphatic heterocycles. The maximum absolute atomic E-state index is 12.6. The van der Waals surface area contributed by atoms with Gasteiger partial charge in [0.15, 0.2) is 5.65 Å². The molecule has 8 heteroatoms. The molecule has 0 N–H and O–H groups in total. The number of aromatic nitrogens is 5. The fourth-order valence-electron chi connectivity index (χ4n) is 3.65. The minimum Gasteiger partial charge on any atom is -0.356 e. The summed E-state index contributed by atoms with van der Waals surface area (Å²) in [6, 6.07) is 5.94. The summed E-state index contributed by atoms with van der Waals surface area (Å²) in [7, 11) is 3.86. The number of nitrogens with zero attached hydrogens (tertiary/aromatic N) is 7. The summed E-state index contributed by atoms with van der Waals surface area (Å²) in [5.74, 6) is 1.63. The number of rotatable bonds is 3. The Morgan fingerprint density at radius 2 is 1.96 bits per heavy atom. The van der Waals surface area contributed by atoms with E-state index in [2.05, 4.69) is 36.8 Å². The largest absolute Gasteiger partial charge is 0.356 e. The lowest BCUT2D eigenvalue weighted by atomic mass is 10.0. The normalized spacial score (nSPS) is 15.3. The third kappa shape index (κ3) is 3.22. The molecular weight excluding hydrogens is 342 g/mol. The Bertz CT molecular complexity index is 1020. The Balaban J connectivity index is 1.53. The number of hydrogen-bond acceptors (Lipinski definition) is 7. The number of aryl methyl sites for hydroxylation is 1. The third-order valence-electron chi connectivity index (χ3n) is 5.27. The number of fused-ring (bicyclic) bond motifs is 1. The van der Waals surface area contributed by atoms with E-state index in [-0.39, 0.29) is 5.56 Å². The maximum atomic E-state index is 12.6.